The molecule has 3 aromatic rings. The molecule has 36 heavy (non-hydrogen) atoms. The van der Waals surface area contributed by atoms with Crippen molar-refractivity contribution in [3.05, 3.63) is 82.4 Å². The highest BCUT2D eigenvalue weighted by atomic mass is 35.5. The van der Waals surface area contributed by atoms with Crippen LogP contribution in [0.3, 0.4) is 0 Å². The molecule has 11 heteroatoms. The lowest BCUT2D eigenvalue weighted by Crippen LogP contribution is -2.45. The topological polar surface area (TPSA) is 113 Å². The van der Waals surface area contributed by atoms with Gasteiger partial charge < -0.3 is 5.32 Å². The van der Waals surface area contributed by atoms with Gasteiger partial charge in [-0.05, 0) is 92.9 Å². The Bertz CT molecular complexity index is 1510. The Labute approximate surface area is 217 Å². The Balaban J connectivity index is 1.79. The van der Waals surface area contributed by atoms with E-state index < -0.39 is 32.0 Å². The van der Waals surface area contributed by atoms with Gasteiger partial charge in [-0.2, -0.15) is 0 Å². The summed E-state index contributed by atoms with van der Waals surface area (Å²) in [5.74, 6) is -0.568. The Morgan fingerprint density at radius 3 is 2.06 bits per heavy atom. The van der Waals surface area contributed by atoms with Crippen LogP contribution in [0.15, 0.2) is 65.6 Å². The molecule has 0 heterocycles. The van der Waals surface area contributed by atoms with E-state index >= 15 is 0 Å². The molecule has 2 N–H and O–H groups in total. The van der Waals surface area contributed by atoms with Gasteiger partial charge in [-0.25, -0.2) is 16.8 Å². The smallest absolute Gasteiger partial charge is 0.261 e. The number of hydrogen-bond donors (Lipinski definition) is 2. The van der Waals surface area contributed by atoms with Gasteiger partial charge in [-0.1, -0.05) is 23.7 Å². The van der Waals surface area contributed by atoms with Crippen LogP contribution in [0.1, 0.15) is 23.6 Å². The fourth-order valence-corrected chi connectivity index (χ4v) is 6.00. The summed E-state index contributed by atoms with van der Waals surface area (Å²) in [4.78, 5) is 12.9. The fraction of sp³-hybridized carbons (Fsp3) is 0.240. The average molecular weight is 550 g/mol. The van der Waals surface area contributed by atoms with E-state index in [4.69, 9.17) is 11.6 Å². The number of anilines is 3. The van der Waals surface area contributed by atoms with E-state index in [-0.39, 0.29) is 4.90 Å². The van der Waals surface area contributed by atoms with Crippen LogP contribution in [0, 0.1) is 20.8 Å². The molecule has 3 rings (SSSR count). The average Bonchev–Trinajstić information content (AvgIpc) is 2.78. The van der Waals surface area contributed by atoms with Crippen LogP contribution in [-0.2, 0) is 24.8 Å². The summed E-state index contributed by atoms with van der Waals surface area (Å²) in [6.07, 6.45) is 1.04. The summed E-state index contributed by atoms with van der Waals surface area (Å²) in [7, 11) is -7.67. The lowest BCUT2D eigenvalue weighted by molar-refractivity contribution is -0.116. The molecule has 1 amide bonds. The van der Waals surface area contributed by atoms with Crippen molar-refractivity contribution in [3.63, 3.8) is 0 Å². The van der Waals surface area contributed by atoms with Gasteiger partial charge in [0.1, 0.15) is 6.04 Å². The summed E-state index contributed by atoms with van der Waals surface area (Å²) < 4.78 is 54.2. The summed E-state index contributed by atoms with van der Waals surface area (Å²) in [6.45, 7) is 7.02. The molecule has 0 aromatic heterocycles. The third kappa shape index (κ3) is 6.37. The van der Waals surface area contributed by atoms with Crippen molar-refractivity contribution in [2.75, 3.05) is 20.6 Å². The van der Waals surface area contributed by atoms with Crippen molar-refractivity contribution in [2.45, 2.75) is 38.6 Å². The Morgan fingerprint density at radius 1 is 0.861 bits per heavy atom. The van der Waals surface area contributed by atoms with Gasteiger partial charge >= 0.3 is 0 Å². The van der Waals surface area contributed by atoms with Gasteiger partial charge in [0, 0.05) is 10.7 Å². The molecule has 0 saturated heterocycles. The zero-order valence-electron chi connectivity index (χ0n) is 20.5. The van der Waals surface area contributed by atoms with E-state index in [9.17, 15) is 21.6 Å². The molecule has 8 nitrogen and oxygen atoms in total. The first-order chi connectivity index (χ1) is 16.7. The highest BCUT2D eigenvalue weighted by Gasteiger charge is 2.29. The lowest BCUT2D eigenvalue weighted by atomic mass is 10.1. The van der Waals surface area contributed by atoms with Crippen molar-refractivity contribution >= 4 is 54.6 Å². The second-order valence-corrected chi connectivity index (χ2v) is 12.6. The zero-order chi connectivity index (χ0) is 26.8. The molecule has 0 radical (unpaired) electrons. The third-order valence-corrected chi connectivity index (χ3v) is 8.57. The van der Waals surface area contributed by atoms with Gasteiger partial charge in [0.2, 0.25) is 15.9 Å². The Hall–Kier alpha value is -3.08. The summed E-state index contributed by atoms with van der Waals surface area (Å²) >= 11 is 5.97. The largest absolute Gasteiger partial charge is 0.324 e. The van der Waals surface area contributed by atoms with E-state index in [1.807, 2.05) is 13.8 Å². The van der Waals surface area contributed by atoms with Crippen molar-refractivity contribution in [2.24, 2.45) is 0 Å². The maximum absolute atomic E-state index is 13.0. The zero-order valence-corrected chi connectivity index (χ0v) is 22.9. The second kappa shape index (κ2) is 10.5. The highest BCUT2D eigenvalue weighted by Crippen LogP contribution is 2.26. The lowest BCUT2D eigenvalue weighted by Gasteiger charge is -2.28. The number of nitrogens with zero attached hydrogens (tertiary/aromatic N) is 1. The van der Waals surface area contributed by atoms with Crippen LogP contribution in [-0.4, -0.2) is 35.0 Å². The minimum Gasteiger partial charge on any atom is -0.324 e. The van der Waals surface area contributed by atoms with Gasteiger partial charge in [0.05, 0.1) is 22.5 Å². The number of benzene rings is 3. The number of halogens is 1. The predicted molar refractivity (Wildman–Crippen MR) is 145 cm³/mol. The maximum Gasteiger partial charge on any atom is 0.261 e. The SMILES string of the molecule is Cc1ccc(N([C@@H](C)C(=O)Nc2ccc(S(=O)(=O)Nc3cc(Cl)ccc3C)cc2)S(C)(=O)=O)cc1C. The molecule has 0 saturated carbocycles. The highest BCUT2D eigenvalue weighted by molar-refractivity contribution is 7.92. The van der Waals surface area contributed by atoms with Gasteiger partial charge in [-0.3, -0.25) is 13.8 Å². The summed E-state index contributed by atoms with van der Waals surface area (Å²) in [6, 6.07) is 14.6. The van der Waals surface area contributed by atoms with Crippen LogP contribution in [0.2, 0.25) is 5.02 Å². The second-order valence-electron chi connectivity index (χ2n) is 8.58. The molecule has 0 spiro atoms. The van der Waals surface area contributed by atoms with Crippen LogP contribution in [0.4, 0.5) is 17.1 Å². The molecule has 0 aliphatic heterocycles. The monoisotopic (exact) mass is 549 g/mol. The number of carbonyl (C=O) groups is 1. The standard InChI is InChI=1S/C25H28ClN3O5S2/c1-16-7-11-22(14-18(16)3)29(35(5,31)32)19(4)25(30)27-21-9-12-23(13-10-21)36(33,34)28-24-15-20(26)8-6-17(24)2/h6-15,19,28H,1-5H3,(H,27,30)/t19-/m0/s1. The van der Waals surface area contributed by atoms with E-state index in [1.165, 1.54) is 37.3 Å². The molecule has 3 aromatic carbocycles. The van der Waals surface area contributed by atoms with Gasteiger partial charge in [-0.15, -0.1) is 0 Å². The van der Waals surface area contributed by atoms with E-state index in [2.05, 4.69) is 10.0 Å². The first kappa shape index (κ1) is 27.5. The summed E-state index contributed by atoms with van der Waals surface area (Å²) in [5.41, 5.74) is 3.66. The summed E-state index contributed by atoms with van der Waals surface area (Å²) in [5, 5.41) is 3.05. The fourth-order valence-electron chi connectivity index (χ4n) is 3.54. The van der Waals surface area contributed by atoms with E-state index in [0.29, 0.717) is 27.6 Å². The van der Waals surface area contributed by atoms with Crippen LogP contribution >= 0.6 is 11.6 Å². The normalized spacial score (nSPS) is 12.6. The van der Waals surface area contributed by atoms with E-state index in [0.717, 1.165) is 21.7 Å². The molecule has 0 bridgehead atoms. The molecule has 0 aliphatic rings. The van der Waals surface area contributed by atoms with E-state index in [1.54, 1.807) is 37.3 Å². The van der Waals surface area contributed by atoms with Crippen LogP contribution < -0.4 is 14.3 Å². The Kier molecular flexibility index (Phi) is 8.02. The van der Waals surface area contributed by atoms with Gasteiger partial charge in [0.15, 0.2) is 0 Å². The van der Waals surface area contributed by atoms with Gasteiger partial charge in [0.25, 0.3) is 10.0 Å². The number of aryl methyl sites for hydroxylation is 3. The van der Waals surface area contributed by atoms with Crippen molar-refractivity contribution < 1.29 is 21.6 Å². The third-order valence-electron chi connectivity index (χ3n) is 5.71. The molecule has 0 unspecified atom stereocenters. The van der Waals surface area contributed by atoms with Crippen molar-refractivity contribution in [1.29, 1.82) is 0 Å². The first-order valence-electron chi connectivity index (χ1n) is 11.0. The van der Waals surface area contributed by atoms with Crippen molar-refractivity contribution in [1.82, 2.24) is 0 Å². The molecule has 192 valence electrons. The molecular weight excluding hydrogens is 522 g/mol. The minimum absolute atomic E-state index is 0.0131. The number of nitrogens with one attached hydrogen (secondary N) is 2. The van der Waals surface area contributed by atoms with Crippen molar-refractivity contribution in [3.8, 4) is 0 Å². The van der Waals surface area contributed by atoms with Crippen LogP contribution in [0.5, 0.6) is 0 Å². The molecular formula is C25H28ClN3O5S2. The number of amides is 1. The van der Waals surface area contributed by atoms with Crippen LogP contribution in [0.25, 0.3) is 0 Å². The number of hydrogen-bond acceptors (Lipinski definition) is 5. The molecule has 0 aliphatic carbocycles. The first-order valence-corrected chi connectivity index (χ1v) is 14.7. The minimum atomic E-state index is -3.90. The molecule has 1 atom stereocenters. The maximum atomic E-state index is 13.0. The number of rotatable bonds is 8. The number of sulfonamides is 2. The quantitative estimate of drug-likeness (QED) is 0.416. The molecule has 0 fully saturated rings. The predicted octanol–water partition coefficient (Wildman–Crippen LogP) is 4.86. The Morgan fingerprint density at radius 2 is 1.47 bits per heavy atom. The number of carbonyl (C=O) groups excluding carboxylic acids is 1.